The van der Waals surface area contributed by atoms with Gasteiger partial charge in [0.2, 0.25) is 5.91 Å². The van der Waals surface area contributed by atoms with E-state index in [9.17, 15) is 9.59 Å². The van der Waals surface area contributed by atoms with E-state index in [-0.39, 0.29) is 23.3 Å². The number of hydrogen-bond donors (Lipinski definition) is 2. The van der Waals surface area contributed by atoms with E-state index >= 15 is 0 Å². The molecule has 1 heterocycles. The third kappa shape index (κ3) is 6.00. The van der Waals surface area contributed by atoms with Crippen molar-refractivity contribution in [2.24, 2.45) is 0 Å². The summed E-state index contributed by atoms with van der Waals surface area (Å²) in [5.74, 6) is -0.288. The Morgan fingerprint density at radius 3 is 2.38 bits per heavy atom. The average molecular weight is 431 g/mol. The van der Waals surface area contributed by atoms with E-state index in [4.69, 9.17) is 23.8 Å². The van der Waals surface area contributed by atoms with E-state index in [1.807, 2.05) is 24.1 Å². The molecule has 2 amide bonds. The predicted molar refractivity (Wildman–Crippen MR) is 119 cm³/mol. The lowest BCUT2D eigenvalue weighted by atomic mass is 10.1. The second kappa shape index (κ2) is 9.82. The Labute approximate surface area is 180 Å². The molecule has 1 aliphatic rings. The molecule has 2 aromatic rings. The molecule has 6 nitrogen and oxygen atoms in total. The van der Waals surface area contributed by atoms with Crippen LogP contribution in [0.5, 0.6) is 0 Å². The van der Waals surface area contributed by atoms with Gasteiger partial charge in [-0.1, -0.05) is 35.9 Å². The molecule has 8 heteroatoms. The van der Waals surface area contributed by atoms with Gasteiger partial charge in [-0.15, -0.1) is 0 Å². The summed E-state index contributed by atoms with van der Waals surface area (Å²) in [4.78, 5) is 29.2. The SMILES string of the molecule is CN1CCN(C(=O)c2ccccc2NC(=S)NC(=O)Cc2ccc(Cl)cc2)CC1. The first-order valence-corrected chi connectivity index (χ1v) is 10.1. The van der Waals surface area contributed by atoms with Crippen LogP contribution in [0.4, 0.5) is 5.69 Å². The van der Waals surface area contributed by atoms with Crippen LogP contribution < -0.4 is 10.6 Å². The molecule has 1 saturated heterocycles. The first kappa shape index (κ1) is 21.2. The van der Waals surface area contributed by atoms with Crippen LogP contribution in [0.25, 0.3) is 0 Å². The third-order valence-electron chi connectivity index (χ3n) is 4.73. The Hall–Kier alpha value is -2.48. The van der Waals surface area contributed by atoms with Crippen LogP contribution in [0, 0.1) is 0 Å². The van der Waals surface area contributed by atoms with Crippen LogP contribution in [0.1, 0.15) is 15.9 Å². The van der Waals surface area contributed by atoms with E-state index in [1.54, 1.807) is 36.4 Å². The van der Waals surface area contributed by atoms with Crippen molar-refractivity contribution in [3.8, 4) is 0 Å². The van der Waals surface area contributed by atoms with Crippen molar-refractivity contribution in [2.45, 2.75) is 6.42 Å². The minimum atomic E-state index is -0.243. The minimum absolute atomic E-state index is 0.0449. The van der Waals surface area contributed by atoms with Crippen LogP contribution in [0.3, 0.4) is 0 Å². The predicted octanol–water partition coefficient (Wildman–Crippen LogP) is 2.78. The molecule has 152 valence electrons. The molecule has 0 saturated carbocycles. The number of nitrogens with one attached hydrogen (secondary N) is 2. The van der Waals surface area contributed by atoms with Gasteiger partial charge in [0.25, 0.3) is 5.91 Å². The van der Waals surface area contributed by atoms with E-state index in [0.717, 1.165) is 18.7 Å². The molecular weight excluding hydrogens is 408 g/mol. The standard InChI is InChI=1S/C21H23ClN4O2S/c1-25-10-12-26(13-11-25)20(28)17-4-2-3-5-18(17)23-21(29)24-19(27)14-15-6-8-16(22)9-7-15/h2-9H,10-14H2,1H3,(H2,23,24,27,29). The van der Waals surface area contributed by atoms with Gasteiger partial charge in [-0.2, -0.15) is 0 Å². The molecule has 2 aromatic carbocycles. The smallest absolute Gasteiger partial charge is 0.256 e. The number of para-hydroxylation sites is 1. The zero-order valence-corrected chi connectivity index (χ0v) is 17.7. The zero-order valence-electron chi connectivity index (χ0n) is 16.2. The van der Waals surface area contributed by atoms with Crippen molar-refractivity contribution >= 4 is 46.4 Å². The maximum absolute atomic E-state index is 12.9. The third-order valence-corrected chi connectivity index (χ3v) is 5.18. The molecule has 0 aliphatic carbocycles. The Bertz CT molecular complexity index is 896. The van der Waals surface area contributed by atoms with Gasteiger partial charge in [0.05, 0.1) is 17.7 Å². The van der Waals surface area contributed by atoms with E-state index in [0.29, 0.717) is 29.4 Å². The van der Waals surface area contributed by atoms with Gasteiger partial charge in [-0.25, -0.2) is 0 Å². The molecule has 0 atom stereocenters. The molecule has 1 aliphatic heterocycles. The molecular formula is C21H23ClN4O2S. The Balaban J connectivity index is 1.61. The maximum Gasteiger partial charge on any atom is 0.256 e. The summed E-state index contributed by atoms with van der Waals surface area (Å²) in [6.45, 7) is 3.07. The largest absolute Gasteiger partial charge is 0.336 e. The highest BCUT2D eigenvalue weighted by molar-refractivity contribution is 7.80. The molecule has 2 N–H and O–H groups in total. The monoisotopic (exact) mass is 430 g/mol. The molecule has 1 fully saturated rings. The van der Waals surface area contributed by atoms with Gasteiger partial charge in [0, 0.05) is 31.2 Å². The highest BCUT2D eigenvalue weighted by Gasteiger charge is 2.22. The van der Waals surface area contributed by atoms with Gasteiger partial charge < -0.3 is 20.4 Å². The lowest BCUT2D eigenvalue weighted by Crippen LogP contribution is -2.47. The second-order valence-corrected chi connectivity index (χ2v) is 7.79. The number of anilines is 1. The van der Waals surface area contributed by atoms with Gasteiger partial charge >= 0.3 is 0 Å². The van der Waals surface area contributed by atoms with E-state index < -0.39 is 0 Å². The number of amides is 2. The summed E-state index contributed by atoms with van der Waals surface area (Å²) in [5, 5.41) is 6.42. The number of likely N-dealkylation sites (N-methyl/N-ethyl adjacent to an activating group) is 1. The summed E-state index contributed by atoms with van der Waals surface area (Å²) in [6.07, 6.45) is 0.181. The molecule has 3 rings (SSSR count). The van der Waals surface area contributed by atoms with E-state index in [1.165, 1.54) is 0 Å². The number of nitrogens with zero attached hydrogens (tertiary/aromatic N) is 2. The van der Waals surface area contributed by atoms with Crippen molar-refractivity contribution in [3.05, 3.63) is 64.7 Å². The Kier molecular flexibility index (Phi) is 7.19. The summed E-state index contributed by atoms with van der Waals surface area (Å²) in [6, 6.07) is 14.2. The van der Waals surface area contributed by atoms with Crippen LogP contribution in [-0.4, -0.2) is 60.0 Å². The topological polar surface area (TPSA) is 64.7 Å². The van der Waals surface area contributed by atoms with Gasteiger partial charge in [-0.05, 0) is 49.1 Å². The lowest BCUT2D eigenvalue weighted by Gasteiger charge is -2.32. The van der Waals surface area contributed by atoms with Gasteiger partial charge in [0.1, 0.15) is 0 Å². The number of hydrogen-bond acceptors (Lipinski definition) is 4. The van der Waals surface area contributed by atoms with Gasteiger partial charge in [-0.3, -0.25) is 9.59 Å². The molecule has 0 spiro atoms. The molecule has 0 aromatic heterocycles. The van der Waals surface area contributed by atoms with E-state index in [2.05, 4.69) is 15.5 Å². The van der Waals surface area contributed by atoms with Crippen molar-refractivity contribution < 1.29 is 9.59 Å². The van der Waals surface area contributed by atoms with Crippen LogP contribution >= 0.6 is 23.8 Å². The lowest BCUT2D eigenvalue weighted by molar-refractivity contribution is -0.119. The fourth-order valence-electron chi connectivity index (χ4n) is 3.07. The molecule has 0 bridgehead atoms. The highest BCUT2D eigenvalue weighted by atomic mass is 35.5. The quantitative estimate of drug-likeness (QED) is 0.730. The summed E-state index contributed by atoms with van der Waals surface area (Å²) in [7, 11) is 2.04. The van der Waals surface area contributed by atoms with Crippen molar-refractivity contribution in [3.63, 3.8) is 0 Å². The molecule has 29 heavy (non-hydrogen) atoms. The van der Waals surface area contributed by atoms with Crippen LogP contribution in [-0.2, 0) is 11.2 Å². The number of carbonyl (C=O) groups excluding carboxylic acids is 2. The Morgan fingerprint density at radius 2 is 1.69 bits per heavy atom. The first-order chi connectivity index (χ1) is 13.9. The number of halogens is 1. The minimum Gasteiger partial charge on any atom is -0.336 e. The van der Waals surface area contributed by atoms with Gasteiger partial charge in [0.15, 0.2) is 5.11 Å². The maximum atomic E-state index is 12.9. The summed E-state index contributed by atoms with van der Waals surface area (Å²) in [5.41, 5.74) is 1.94. The van der Waals surface area contributed by atoms with Crippen molar-refractivity contribution in [2.75, 3.05) is 38.5 Å². The van der Waals surface area contributed by atoms with Crippen molar-refractivity contribution in [1.82, 2.24) is 15.1 Å². The number of carbonyl (C=O) groups is 2. The molecule has 0 unspecified atom stereocenters. The number of piperazine rings is 1. The summed E-state index contributed by atoms with van der Waals surface area (Å²) < 4.78 is 0. The average Bonchev–Trinajstić information content (AvgIpc) is 2.70. The second-order valence-electron chi connectivity index (χ2n) is 6.95. The fourth-order valence-corrected chi connectivity index (χ4v) is 3.42. The highest BCUT2D eigenvalue weighted by Crippen LogP contribution is 2.18. The van der Waals surface area contributed by atoms with Crippen molar-refractivity contribution in [1.29, 1.82) is 0 Å². The fraction of sp³-hybridized carbons (Fsp3) is 0.286. The number of benzene rings is 2. The summed E-state index contributed by atoms with van der Waals surface area (Å²) >= 11 is 11.1. The Morgan fingerprint density at radius 1 is 1.03 bits per heavy atom. The number of thiocarbonyl (C=S) groups is 1. The first-order valence-electron chi connectivity index (χ1n) is 9.34. The zero-order chi connectivity index (χ0) is 20.8. The normalized spacial score (nSPS) is 14.3. The number of rotatable bonds is 4. The van der Waals surface area contributed by atoms with Crippen LogP contribution in [0.15, 0.2) is 48.5 Å². The molecule has 0 radical (unpaired) electrons. The van der Waals surface area contributed by atoms with Crippen LogP contribution in [0.2, 0.25) is 5.02 Å².